The van der Waals surface area contributed by atoms with Gasteiger partial charge in [0.25, 0.3) is 5.91 Å². The molecule has 0 unspecified atom stereocenters. The number of carbonyl (C=O) groups excluding carboxylic acids is 1. The number of hydrogen-bond acceptors (Lipinski definition) is 4. The van der Waals surface area contributed by atoms with Gasteiger partial charge in [-0.1, -0.05) is 19.0 Å². The fourth-order valence-electron chi connectivity index (χ4n) is 3.24. The number of aromatic amines is 1. The number of aryl methyl sites for hydroxylation is 1. The van der Waals surface area contributed by atoms with Crippen molar-refractivity contribution in [1.82, 2.24) is 20.3 Å². The summed E-state index contributed by atoms with van der Waals surface area (Å²) < 4.78 is 5.31. The van der Waals surface area contributed by atoms with Crippen LogP contribution in [0.25, 0.3) is 0 Å². The van der Waals surface area contributed by atoms with Gasteiger partial charge in [-0.15, -0.1) is 0 Å². The van der Waals surface area contributed by atoms with E-state index in [1.54, 1.807) is 6.07 Å². The summed E-state index contributed by atoms with van der Waals surface area (Å²) in [7, 11) is 0. The molecule has 1 aliphatic heterocycles. The lowest BCUT2D eigenvalue weighted by Gasteiger charge is -2.34. The predicted molar refractivity (Wildman–Crippen MR) is 86.0 cm³/mol. The van der Waals surface area contributed by atoms with E-state index in [1.165, 1.54) is 0 Å². The fourth-order valence-corrected chi connectivity index (χ4v) is 3.24. The maximum Gasteiger partial charge on any atom is 0.293 e. The molecule has 0 saturated carbocycles. The minimum atomic E-state index is -0.0776. The lowest BCUT2D eigenvalue weighted by atomic mass is 9.97. The van der Waals surface area contributed by atoms with Crippen LogP contribution in [0.1, 0.15) is 66.7 Å². The van der Waals surface area contributed by atoms with Crippen LogP contribution in [0.2, 0.25) is 0 Å². The Morgan fingerprint density at radius 2 is 2.30 bits per heavy atom. The van der Waals surface area contributed by atoms with E-state index in [4.69, 9.17) is 4.52 Å². The molecule has 1 saturated heterocycles. The highest BCUT2D eigenvalue weighted by Crippen LogP contribution is 2.32. The molecule has 1 aliphatic rings. The first-order valence-electron chi connectivity index (χ1n) is 8.32. The van der Waals surface area contributed by atoms with Crippen molar-refractivity contribution in [2.75, 3.05) is 6.54 Å². The van der Waals surface area contributed by atoms with Crippen LogP contribution >= 0.6 is 0 Å². The lowest BCUT2D eigenvalue weighted by molar-refractivity contribution is 0.0563. The Hall–Kier alpha value is -2.11. The van der Waals surface area contributed by atoms with E-state index in [0.717, 1.165) is 49.2 Å². The quantitative estimate of drug-likeness (QED) is 0.939. The Morgan fingerprint density at radius 1 is 1.48 bits per heavy atom. The molecule has 6 nitrogen and oxygen atoms in total. The van der Waals surface area contributed by atoms with Crippen molar-refractivity contribution < 1.29 is 9.32 Å². The van der Waals surface area contributed by atoms with Gasteiger partial charge in [0.2, 0.25) is 5.76 Å². The third kappa shape index (κ3) is 3.30. The van der Waals surface area contributed by atoms with Crippen molar-refractivity contribution in [3.8, 4) is 0 Å². The number of nitrogens with one attached hydrogen (secondary N) is 1. The number of nitrogens with zero attached hydrogens (tertiary/aromatic N) is 3. The van der Waals surface area contributed by atoms with Crippen LogP contribution in [0.5, 0.6) is 0 Å². The van der Waals surface area contributed by atoms with Gasteiger partial charge in [0, 0.05) is 12.6 Å². The van der Waals surface area contributed by atoms with Crippen LogP contribution in [-0.4, -0.2) is 32.7 Å². The zero-order chi connectivity index (χ0) is 16.4. The van der Waals surface area contributed by atoms with E-state index in [0.29, 0.717) is 11.7 Å². The van der Waals surface area contributed by atoms with Gasteiger partial charge in [0.05, 0.1) is 23.6 Å². The van der Waals surface area contributed by atoms with Crippen molar-refractivity contribution in [2.24, 2.45) is 5.92 Å². The molecule has 0 aromatic carbocycles. The van der Waals surface area contributed by atoms with Crippen molar-refractivity contribution in [3.63, 3.8) is 0 Å². The van der Waals surface area contributed by atoms with Gasteiger partial charge in [-0.3, -0.25) is 9.89 Å². The molecule has 1 atom stereocenters. The number of carbonyl (C=O) groups is 1. The maximum absolute atomic E-state index is 12.9. The average Bonchev–Trinajstić information content (AvgIpc) is 3.15. The van der Waals surface area contributed by atoms with Gasteiger partial charge in [0.1, 0.15) is 0 Å². The molecule has 124 valence electrons. The van der Waals surface area contributed by atoms with Crippen molar-refractivity contribution in [2.45, 2.75) is 52.5 Å². The molecule has 6 heteroatoms. The van der Waals surface area contributed by atoms with E-state index in [9.17, 15) is 4.79 Å². The van der Waals surface area contributed by atoms with E-state index in [1.807, 2.05) is 18.0 Å². The second-order valence-electron chi connectivity index (χ2n) is 6.76. The summed E-state index contributed by atoms with van der Waals surface area (Å²) in [6.07, 6.45) is 5.70. The van der Waals surface area contributed by atoms with Crippen LogP contribution in [0, 0.1) is 12.8 Å². The van der Waals surface area contributed by atoms with Crippen LogP contribution in [0.15, 0.2) is 16.8 Å². The molecule has 1 N–H and O–H groups in total. The number of aromatic nitrogens is 3. The largest absolute Gasteiger partial charge is 0.351 e. The molecule has 2 aromatic heterocycles. The van der Waals surface area contributed by atoms with Gasteiger partial charge in [-0.25, -0.2) is 0 Å². The topological polar surface area (TPSA) is 75.0 Å². The van der Waals surface area contributed by atoms with E-state index in [2.05, 4.69) is 29.2 Å². The molecule has 0 bridgehead atoms. The first kappa shape index (κ1) is 15.8. The Kier molecular flexibility index (Phi) is 4.50. The molecule has 1 fully saturated rings. The van der Waals surface area contributed by atoms with Crippen LogP contribution in [-0.2, 0) is 6.42 Å². The minimum Gasteiger partial charge on any atom is -0.351 e. The SMILES string of the molecule is Cc1cn[nH]c1[C@H]1CCCCN1C(=O)c1cc(CC(C)C)no1. The van der Waals surface area contributed by atoms with Crippen LogP contribution in [0.4, 0.5) is 0 Å². The zero-order valence-corrected chi connectivity index (χ0v) is 14.0. The van der Waals surface area contributed by atoms with E-state index < -0.39 is 0 Å². The highest BCUT2D eigenvalue weighted by atomic mass is 16.5. The van der Waals surface area contributed by atoms with Crippen molar-refractivity contribution in [3.05, 3.63) is 35.0 Å². The van der Waals surface area contributed by atoms with Crippen molar-refractivity contribution in [1.29, 1.82) is 0 Å². The molecular weight excluding hydrogens is 292 g/mol. The number of likely N-dealkylation sites (tertiary alicyclic amines) is 1. The number of H-pyrrole nitrogens is 1. The van der Waals surface area contributed by atoms with Crippen LogP contribution in [0.3, 0.4) is 0 Å². The Balaban J connectivity index is 1.81. The van der Waals surface area contributed by atoms with Gasteiger partial charge in [-0.2, -0.15) is 5.10 Å². The summed E-state index contributed by atoms with van der Waals surface area (Å²) >= 11 is 0. The summed E-state index contributed by atoms with van der Waals surface area (Å²) in [5.41, 5.74) is 2.96. The van der Waals surface area contributed by atoms with Crippen molar-refractivity contribution >= 4 is 5.91 Å². The smallest absolute Gasteiger partial charge is 0.293 e. The molecular formula is C17H24N4O2. The van der Waals surface area contributed by atoms with Gasteiger partial charge in [-0.05, 0) is 44.1 Å². The second kappa shape index (κ2) is 6.56. The predicted octanol–water partition coefficient (Wildman–Crippen LogP) is 3.27. The summed E-state index contributed by atoms with van der Waals surface area (Å²) in [4.78, 5) is 14.8. The number of hydrogen-bond donors (Lipinski definition) is 1. The Morgan fingerprint density at radius 3 is 3.00 bits per heavy atom. The lowest BCUT2D eigenvalue weighted by Crippen LogP contribution is -2.38. The first-order valence-corrected chi connectivity index (χ1v) is 8.32. The third-order valence-electron chi connectivity index (χ3n) is 4.35. The molecule has 23 heavy (non-hydrogen) atoms. The molecule has 0 radical (unpaired) electrons. The zero-order valence-electron chi connectivity index (χ0n) is 14.0. The monoisotopic (exact) mass is 316 g/mol. The number of piperidine rings is 1. The summed E-state index contributed by atoms with van der Waals surface area (Å²) in [5, 5.41) is 11.2. The number of amides is 1. The minimum absolute atomic E-state index is 0.0393. The third-order valence-corrected chi connectivity index (χ3v) is 4.35. The fraction of sp³-hybridized carbons (Fsp3) is 0.588. The summed E-state index contributed by atoms with van der Waals surface area (Å²) in [6.45, 7) is 7.00. The highest BCUT2D eigenvalue weighted by Gasteiger charge is 2.32. The number of rotatable bonds is 4. The Bertz CT molecular complexity index is 674. The molecule has 1 amide bonds. The average molecular weight is 316 g/mol. The van der Waals surface area contributed by atoms with Gasteiger partial charge < -0.3 is 9.42 Å². The normalized spacial score (nSPS) is 18.6. The van der Waals surface area contributed by atoms with E-state index in [-0.39, 0.29) is 11.9 Å². The Labute approximate surface area is 136 Å². The van der Waals surface area contributed by atoms with Gasteiger partial charge in [0.15, 0.2) is 0 Å². The standard InChI is InChI=1S/C17H24N4O2/c1-11(2)8-13-9-15(23-20-13)17(22)21-7-5-4-6-14(21)16-12(3)10-18-19-16/h9-11,14H,4-8H2,1-3H3,(H,18,19)/t14-/m1/s1. The van der Waals surface area contributed by atoms with Crippen LogP contribution < -0.4 is 0 Å². The van der Waals surface area contributed by atoms with Gasteiger partial charge >= 0.3 is 0 Å². The molecule has 0 spiro atoms. The summed E-state index contributed by atoms with van der Waals surface area (Å²) in [5.74, 6) is 0.745. The molecule has 3 rings (SSSR count). The second-order valence-corrected chi connectivity index (χ2v) is 6.76. The first-order chi connectivity index (χ1) is 11.1. The molecule has 3 heterocycles. The summed E-state index contributed by atoms with van der Waals surface area (Å²) in [6, 6.07) is 1.82. The molecule has 2 aromatic rings. The maximum atomic E-state index is 12.9. The van der Waals surface area contributed by atoms with E-state index >= 15 is 0 Å². The molecule has 0 aliphatic carbocycles. The highest BCUT2D eigenvalue weighted by molar-refractivity contribution is 5.91.